The van der Waals surface area contributed by atoms with Crippen molar-refractivity contribution >= 4 is 23.5 Å². The van der Waals surface area contributed by atoms with Crippen LogP contribution in [0.3, 0.4) is 0 Å². The number of ether oxygens (including phenoxy) is 1. The Balaban J connectivity index is 2.60. The highest BCUT2D eigenvalue weighted by Gasteiger charge is 2.29. The summed E-state index contributed by atoms with van der Waals surface area (Å²) in [6.45, 7) is 0. The van der Waals surface area contributed by atoms with E-state index in [1.54, 1.807) is 0 Å². The molecule has 2 heterocycles. The first-order chi connectivity index (χ1) is 7.13. The molecule has 0 aliphatic carbocycles. The Bertz CT molecular complexity index is 472. The second-order valence-corrected chi connectivity index (χ2v) is 3.70. The number of hydrogen-bond donors (Lipinski definition) is 2. The van der Waals surface area contributed by atoms with Gasteiger partial charge in [-0.2, -0.15) is 4.98 Å². The van der Waals surface area contributed by atoms with E-state index < -0.39 is 11.7 Å². The summed E-state index contributed by atoms with van der Waals surface area (Å²) in [5, 5.41) is 0.453. The van der Waals surface area contributed by atoms with Crippen LogP contribution in [0.1, 0.15) is 0 Å². The maximum Gasteiger partial charge on any atom is 0.348 e. The van der Waals surface area contributed by atoms with Crippen LogP contribution in [0.2, 0.25) is 0 Å². The average molecular weight is 228 g/mol. The molecule has 1 aliphatic rings. The van der Waals surface area contributed by atoms with E-state index in [2.05, 4.69) is 9.97 Å². The van der Waals surface area contributed by atoms with Crippen LogP contribution in [0.5, 0.6) is 5.88 Å². The van der Waals surface area contributed by atoms with E-state index in [1.165, 1.54) is 23.8 Å². The van der Waals surface area contributed by atoms with Crippen molar-refractivity contribution < 1.29 is 9.53 Å². The predicted molar refractivity (Wildman–Crippen MR) is 54.2 cm³/mol. The van der Waals surface area contributed by atoms with Crippen molar-refractivity contribution in [3.8, 4) is 5.88 Å². The topological polar surface area (TPSA) is 101 Å². The fourth-order valence-corrected chi connectivity index (χ4v) is 2.27. The fraction of sp³-hybridized carbons (Fsp3) is 0.286. The minimum absolute atomic E-state index is 0.203. The molecule has 2 amide bonds. The summed E-state index contributed by atoms with van der Waals surface area (Å²) < 4.78 is 4.96. The monoisotopic (exact) mass is 228 g/mol. The number of aromatic nitrogens is 2. The molecule has 2 rings (SSSR count). The Morgan fingerprint density at radius 1 is 1.73 bits per heavy atom. The molecule has 1 aromatic rings. The van der Waals surface area contributed by atoms with Gasteiger partial charge in [-0.3, -0.25) is 9.88 Å². The fourth-order valence-electron chi connectivity index (χ4n) is 1.28. The number of carbonyl (C=O) groups is 1. The minimum atomic E-state index is -0.603. The van der Waals surface area contributed by atoms with E-state index in [0.29, 0.717) is 16.6 Å². The predicted octanol–water partition coefficient (Wildman–Crippen LogP) is -0.273. The van der Waals surface area contributed by atoms with Gasteiger partial charge in [-0.25, -0.2) is 9.59 Å². The summed E-state index contributed by atoms with van der Waals surface area (Å²) in [5.41, 5.74) is 5.09. The molecule has 0 bridgehead atoms. The number of thioether (sulfide) groups is 1. The molecule has 80 valence electrons. The number of primary amides is 1. The first-order valence-corrected chi connectivity index (χ1v) is 5.00. The Hall–Kier alpha value is -1.70. The number of nitrogens with zero attached hydrogens (tertiary/aromatic N) is 2. The van der Waals surface area contributed by atoms with E-state index in [1.807, 2.05) is 0 Å². The first-order valence-electron chi connectivity index (χ1n) is 4.01. The van der Waals surface area contributed by atoms with Crippen LogP contribution in [-0.4, -0.2) is 29.0 Å². The lowest BCUT2D eigenvalue weighted by Crippen LogP contribution is -2.34. The SMILES string of the molecule is COc1[nH]c(=O)nc2c1N(C(N)=O)CS2. The van der Waals surface area contributed by atoms with Gasteiger partial charge < -0.3 is 10.5 Å². The van der Waals surface area contributed by atoms with Gasteiger partial charge >= 0.3 is 11.7 Å². The van der Waals surface area contributed by atoms with Gasteiger partial charge in [0, 0.05) is 0 Å². The van der Waals surface area contributed by atoms with Crippen LogP contribution in [0.25, 0.3) is 0 Å². The lowest BCUT2D eigenvalue weighted by molar-refractivity contribution is 0.254. The van der Waals surface area contributed by atoms with E-state index in [0.717, 1.165) is 0 Å². The largest absolute Gasteiger partial charge is 0.481 e. The zero-order valence-electron chi connectivity index (χ0n) is 7.81. The van der Waals surface area contributed by atoms with Crippen LogP contribution in [0.15, 0.2) is 9.82 Å². The number of H-pyrrole nitrogens is 1. The zero-order chi connectivity index (χ0) is 11.0. The van der Waals surface area contributed by atoms with E-state index in [9.17, 15) is 9.59 Å². The van der Waals surface area contributed by atoms with Crippen LogP contribution >= 0.6 is 11.8 Å². The Morgan fingerprint density at radius 2 is 2.47 bits per heavy atom. The molecule has 1 aromatic heterocycles. The summed E-state index contributed by atoms with van der Waals surface area (Å²) in [4.78, 5) is 29.6. The molecule has 0 aromatic carbocycles. The highest BCUT2D eigenvalue weighted by atomic mass is 32.2. The third-order valence-electron chi connectivity index (χ3n) is 1.91. The highest BCUT2D eigenvalue weighted by Crippen LogP contribution is 2.40. The number of urea groups is 1. The smallest absolute Gasteiger partial charge is 0.348 e. The van der Waals surface area contributed by atoms with Crippen molar-refractivity contribution in [2.75, 3.05) is 17.9 Å². The Morgan fingerprint density at radius 3 is 3.07 bits per heavy atom. The van der Waals surface area contributed by atoms with E-state index in [4.69, 9.17) is 10.5 Å². The Labute approximate surface area is 88.6 Å². The Kier molecular flexibility index (Phi) is 2.27. The summed E-state index contributed by atoms with van der Waals surface area (Å²) in [6.07, 6.45) is 0. The summed E-state index contributed by atoms with van der Waals surface area (Å²) in [5.74, 6) is 0.541. The third kappa shape index (κ3) is 1.52. The number of rotatable bonds is 1. The standard InChI is InChI=1S/C7H8N4O3S/c1-14-4-3-5(10-7(13)9-4)15-2-11(3)6(8)12/h2H2,1H3,(H2,8,12)(H,9,10,13). The van der Waals surface area contributed by atoms with Gasteiger partial charge in [0.1, 0.15) is 10.7 Å². The molecule has 0 atom stereocenters. The molecule has 8 heteroatoms. The first kappa shape index (κ1) is 9.84. The molecular weight excluding hydrogens is 220 g/mol. The van der Waals surface area contributed by atoms with Crippen molar-refractivity contribution in [2.24, 2.45) is 5.73 Å². The number of amides is 2. The van der Waals surface area contributed by atoms with Gasteiger partial charge in [0.2, 0.25) is 5.88 Å². The number of nitrogens with two attached hydrogens (primary N) is 1. The van der Waals surface area contributed by atoms with Gasteiger partial charge in [0.25, 0.3) is 0 Å². The zero-order valence-corrected chi connectivity index (χ0v) is 8.63. The van der Waals surface area contributed by atoms with Crippen LogP contribution in [0, 0.1) is 0 Å². The molecule has 0 fully saturated rings. The normalized spacial score (nSPS) is 13.8. The molecule has 0 radical (unpaired) electrons. The lowest BCUT2D eigenvalue weighted by Gasteiger charge is -2.14. The van der Waals surface area contributed by atoms with Gasteiger partial charge in [0.05, 0.1) is 13.0 Å². The maximum absolute atomic E-state index is 11.1. The average Bonchev–Trinajstić information content (AvgIpc) is 2.59. The van der Waals surface area contributed by atoms with E-state index >= 15 is 0 Å². The summed E-state index contributed by atoms with van der Waals surface area (Å²) in [6, 6.07) is -0.603. The van der Waals surface area contributed by atoms with Gasteiger partial charge in [-0.05, 0) is 0 Å². The highest BCUT2D eigenvalue weighted by molar-refractivity contribution is 7.99. The quantitative estimate of drug-likeness (QED) is 0.644. The van der Waals surface area contributed by atoms with E-state index in [-0.39, 0.29) is 5.88 Å². The molecule has 0 spiro atoms. The molecule has 0 unspecified atom stereocenters. The van der Waals surface area contributed by atoms with Crippen molar-refractivity contribution in [3.05, 3.63) is 10.5 Å². The molecule has 0 saturated heterocycles. The molecule has 3 N–H and O–H groups in total. The number of nitrogens with one attached hydrogen (secondary N) is 1. The number of fused-ring (bicyclic) bond motifs is 1. The number of carbonyl (C=O) groups excluding carboxylic acids is 1. The van der Waals surface area contributed by atoms with Crippen molar-refractivity contribution in [1.29, 1.82) is 0 Å². The van der Waals surface area contributed by atoms with Crippen molar-refractivity contribution in [2.45, 2.75) is 5.03 Å². The number of methoxy groups -OCH3 is 1. The molecule has 0 saturated carbocycles. The van der Waals surface area contributed by atoms with Crippen molar-refractivity contribution in [3.63, 3.8) is 0 Å². The van der Waals surface area contributed by atoms with Gasteiger partial charge in [-0.1, -0.05) is 11.8 Å². The molecular formula is C7H8N4O3S. The van der Waals surface area contributed by atoms with Crippen LogP contribution < -0.4 is 21.1 Å². The number of hydrogen-bond acceptors (Lipinski definition) is 5. The van der Waals surface area contributed by atoms with Gasteiger partial charge in [-0.15, -0.1) is 0 Å². The maximum atomic E-state index is 11.1. The summed E-state index contributed by atoms with van der Waals surface area (Å²) in [7, 11) is 1.40. The second kappa shape index (κ2) is 3.46. The van der Waals surface area contributed by atoms with Gasteiger partial charge in [0.15, 0.2) is 0 Å². The lowest BCUT2D eigenvalue weighted by atomic mass is 10.4. The second-order valence-electron chi connectivity index (χ2n) is 2.77. The van der Waals surface area contributed by atoms with Crippen LogP contribution in [-0.2, 0) is 0 Å². The number of anilines is 1. The van der Waals surface area contributed by atoms with Crippen LogP contribution in [0.4, 0.5) is 10.5 Å². The minimum Gasteiger partial charge on any atom is -0.481 e. The van der Waals surface area contributed by atoms with Crippen molar-refractivity contribution in [1.82, 2.24) is 9.97 Å². The molecule has 1 aliphatic heterocycles. The third-order valence-corrected chi connectivity index (χ3v) is 2.86. The summed E-state index contributed by atoms with van der Waals surface area (Å²) >= 11 is 1.26. The number of aromatic amines is 1. The molecule has 7 nitrogen and oxygen atoms in total. The molecule has 15 heavy (non-hydrogen) atoms.